The lowest BCUT2D eigenvalue weighted by Crippen LogP contribution is -2.07. The summed E-state index contributed by atoms with van der Waals surface area (Å²) in [5.41, 5.74) is 6.43. The number of nitrogens with zero attached hydrogens (tertiary/aromatic N) is 1. The first-order valence-corrected chi connectivity index (χ1v) is 6.26. The van der Waals surface area contributed by atoms with Gasteiger partial charge in [-0.25, -0.2) is 0 Å². The van der Waals surface area contributed by atoms with Gasteiger partial charge < -0.3 is 10.5 Å². The van der Waals surface area contributed by atoms with Crippen LogP contribution in [-0.4, -0.2) is 23.4 Å². The van der Waals surface area contributed by atoms with E-state index >= 15 is 0 Å². The maximum Gasteiger partial charge on any atom is 0.0669 e. The van der Waals surface area contributed by atoms with Crippen LogP contribution in [0.5, 0.6) is 0 Å². The molecule has 0 bridgehead atoms. The van der Waals surface area contributed by atoms with Crippen LogP contribution in [0, 0.1) is 0 Å². The first kappa shape index (κ1) is 10.9. The van der Waals surface area contributed by atoms with Crippen molar-refractivity contribution in [2.24, 2.45) is 5.73 Å². The highest BCUT2D eigenvalue weighted by atomic mass is 32.2. The Morgan fingerprint density at radius 3 is 3.07 bits per heavy atom. The van der Waals surface area contributed by atoms with Gasteiger partial charge in [-0.1, -0.05) is 0 Å². The molecule has 0 aromatic carbocycles. The molecule has 1 fully saturated rings. The van der Waals surface area contributed by atoms with E-state index in [2.05, 4.69) is 11.1 Å². The smallest absolute Gasteiger partial charge is 0.0669 e. The topological polar surface area (TPSA) is 48.1 Å². The number of nitrogens with two attached hydrogens (primary N) is 1. The lowest BCUT2D eigenvalue weighted by Gasteiger charge is -2.08. The minimum Gasteiger partial charge on any atom is -0.377 e. The van der Waals surface area contributed by atoms with Crippen LogP contribution in [0.4, 0.5) is 0 Å². The Labute approximate surface area is 94.4 Å². The number of hydrogen-bond acceptors (Lipinski definition) is 4. The summed E-state index contributed by atoms with van der Waals surface area (Å²) >= 11 is 1.81. The van der Waals surface area contributed by atoms with Crippen LogP contribution < -0.4 is 5.73 Å². The molecule has 2 heterocycles. The van der Waals surface area contributed by atoms with Crippen molar-refractivity contribution in [1.29, 1.82) is 0 Å². The van der Waals surface area contributed by atoms with E-state index in [9.17, 15) is 0 Å². The average molecular weight is 224 g/mol. The van der Waals surface area contributed by atoms with Crippen LogP contribution in [0.1, 0.15) is 18.5 Å². The van der Waals surface area contributed by atoms with Gasteiger partial charge in [0.15, 0.2) is 0 Å². The van der Waals surface area contributed by atoms with Gasteiger partial charge in [-0.15, -0.1) is 11.8 Å². The zero-order valence-corrected chi connectivity index (χ0v) is 9.50. The Hall–Kier alpha value is -0.580. The number of ether oxygens (including phenoxy) is 1. The molecule has 1 aliphatic rings. The van der Waals surface area contributed by atoms with Gasteiger partial charge >= 0.3 is 0 Å². The minimum absolute atomic E-state index is 0.434. The summed E-state index contributed by atoms with van der Waals surface area (Å²) in [6, 6.07) is 4.06. The Morgan fingerprint density at radius 1 is 1.53 bits per heavy atom. The molecule has 2 rings (SSSR count). The molecule has 1 aliphatic heterocycles. The Kier molecular flexibility index (Phi) is 4.00. The van der Waals surface area contributed by atoms with Crippen molar-refractivity contribution in [2.75, 3.05) is 12.4 Å². The zero-order chi connectivity index (χ0) is 10.5. The largest absolute Gasteiger partial charge is 0.377 e. The number of hydrogen-bond donors (Lipinski definition) is 1. The minimum atomic E-state index is 0.434. The van der Waals surface area contributed by atoms with E-state index in [4.69, 9.17) is 10.5 Å². The van der Waals surface area contributed by atoms with Crippen LogP contribution in [0.15, 0.2) is 23.2 Å². The highest BCUT2D eigenvalue weighted by Gasteiger charge is 2.15. The van der Waals surface area contributed by atoms with E-state index in [1.807, 2.05) is 24.0 Å². The monoisotopic (exact) mass is 224 g/mol. The molecule has 1 aromatic heterocycles. The molecule has 0 aliphatic carbocycles. The molecule has 1 aromatic rings. The fourth-order valence-corrected chi connectivity index (χ4v) is 2.51. The number of pyridine rings is 1. The lowest BCUT2D eigenvalue weighted by molar-refractivity contribution is 0.129. The van der Waals surface area contributed by atoms with Gasteiger partial charge in [-0.2, -0.15) is 0 Å². The molecular formula is C11H16N2OS. The second-order valence-electron chi connectivity index (χ2n) is 3.64. The molecule has 1 saturated heterocycles. The van der Waals surface area contributed by atoms with E-state index in [-0.39, 0.29) is 0 Å². The fraction of sp³-hybridized carbons (Fsp3) is 0.545. The van der Waals surface area contributed by atoms with Gasteiger partial charge in [-0.3, -0.25) is 4.98 Å². The molecule has 15 heavy (non-hydrogen) atoms. The van der Waals surface area contributed by atoms with Crippen molar-refractivity contribution in [3.8, 4) is 0 Å². The van der Waals surface area contributed by atoms with Gasteiger partial charge in [0, 0.05) is 30.0 Å². The van der Waals surface area contributed by atoms with E-state index in [0.717, 1.165) is 18.1 Å². The SMILES string of the molecule is NCc1ccc(SCC2CCCO2)cn1. The summed E-state index contributed by atoms with van der Waals surface area (Å²) in [7, 11) is 0. The van der Waals surface area contributed by atoms with Gasteiger partial charge in [0.05, 0.1) is 11.8 Å². The van der Waals surface area contributed by atoms with E-state index in [1.54, 1.807) is 0 Å². The predicted octanol–water partition coefficient (Wildman–Crippen LogP) is 1.81. The molecule has 4 heteroatoms. The number of rotatable bonds is 4. The van der Waals surface area contributed by atoms with Crippen molar-refractivity contribution >= 4 is 11.8 Å². The van der Waals surface area contributed by atoms with Crippen molar-refractivity contribution in [3.63, 3.8) is 0 Å². The molecular weight excluding hydrogens is 208 g/mol. The molecule has 1 unspecified atom stereocenters. The molecule has 0 saturated carbocycles. The molecule has 0 spiro atoms. The van der Waals surface area contributed by atoms with Crippen LogP contribution in [-0.2, 0) is 11.3 Å². The van der Waals surface area contributed by atoms with Crippen LogP contribution in [0.2, 0.25) is 0 Å². The first-order chi connectivity index (χ1) is 7.38. The number of thioether (sulfide) groups is 1. The average Bonchev–Trinajstić information content (AvgIpc) is 2.80. The summed E-state index contributed by atoms with van der Waals surface area (Å²) in [5, 5.41) is 0. The second-order valence-corrected chi connectivity index (χ2v) is 4.73. The van der Waals surface area contributed by atoms with Crippen molar-refractivity contribution < 1.29 is 4.74 Å². The van der Waals surface area contributed by atoms with Gasteiger partial charge in [0.1, 0.15) is 0 Å². The molecule has 3 nitrogen and oxygen atoms in total. The maximum absolute atomic E-state index is 5.56. The Bertz CT molecular complexity index is 296. The lowest BCUT2D eigenvalue weighted by atomic mass is 10.3. The van der Waals surface area contributed by atoms with E-state index < -0.39 is 0 Å². The Balaban J connectivity index is 1.82. The third kappa shape index (κ3) is 3.19. The highest BCUT2D eigenvalue weighted by Crippen LogP contribution is 2.23. The molecule has 0 radical (unpaired) electrons. The van der Waals surface area contributed by atoms with Gasteiger partial charge in [0.25, 0.3) is 0 Å². The normalized spacial score (nSPS) is 20.7. The molecule has 82 valence electrons. The second kappa shape index (κ2) is 5.49. The standard InChI is InChI=1S/C11H16N2OS/c12-6-9-3-4-11(7-13-9)15-8-10-2-1-5-14-10/h3-4,7,10H,1-2,5-6,8,12H2. The molecule has 1 atom stereocenters. The van der Waals surface area contributed by atoms with E-state index in [1.165, 1.54) is 17.7 Å². The predicted molar refractivity (Wildman–Crippen MR) is 61.8 cm³/mol. The fourth-order valence-electron chi connectivity index (χ4n) is 1.58. The van der Waals surface area contributed by atoms with Crippen LogP contribution >= 0.6 is 11.8 Å². The summed E-state index contributed by atoms with van der Waals surface area (Å²) in [6.07, 6.45) is 4.72. The quantitative estimate of drug-likeness (QED) is 0.792. The summed E-state index contributed by atoms with van der Waals surface area (Å²) in [5.74, 6) is 1.03. The van der Waals surface area contributed by atoms with Crippen molar-refractivity contribution in [1.82, 2.24) is 4.98 Å². The maximum atomic E-state index is 5.56. The number of aromatic nitrogens is 1. The van der Waals surface area contributed by atoms with E-state index in [0.29, 0.717) is 12.6 Å². The van der Waals surface area contributed by atoms with Gasteiger partial charge in [-0.05, 0) is 25.0 Å². The third-order valence-electron chi connectivity index (χ3n) is 2.47. The summed E-state index contributed by atoms with van der Waals surface area (Å²) in [6.45, 7) is 1.44. The van der Waals surface area contributed by atoms with Gasteiger partial charge in [0.2, 0.25) is 0 Å². The first-order valence-electron chi connectivity index (χ1n) is 5.28. The third-order valence-corrected chi connectivity index (χ3v) is 3.58. The summed E-state index contributed by atoms with van der Waals surface area (Å²) in [4.78, 5) is 5.45. The van der Waals surface area contributed by atoms with Crippen molar-refractivity contribution in [3.05, 3.63) is 24.0 Å². The van der Waals surface area contributed by atoms with Crippen molar-refractivity contribution in [2.45, 2.75) is 30.4 Å². The van der Waals surface area contributed by atoms with Crippen LogP contribution in [0.3, 0.4) is 0 Å². The molecule has 0 amide bonds. The molecule has 2 N–H and O–H groups in total. The van der Waals surface area contributed by atoms with Crippen LogP contribution in [0.25, 0.3) is 0 Å². The zero-order valence-electron chi connectivity index (χ0n) is 8.69. The summed E-state index contributed by atoms with van der Waals surface area (Å²) < 4.78 is 5.56. The highest BCUT2D eigenvalue weighted by molar-refractivity contribution is 7.99. The Morgan fingerprint density at radius 2 is 2.47 bits per heavy atom.